The van der Waals surface area contributed by atoms with Crippen LogP contribution in [-0.2, 0) is 21.1 Å². The molecule has 0 aliphatic carbocycles. The molecule has 0 radical (unpaired) electrons. The fourth-order valence-corrected chi connectivity index (χ4v) is 5.88. The van der Waals surface area contributed by atoms with Crippen molar-refractivity contribution in [3.05, 3.63) is 76.8 Å². The zero-order chi connectivity index (χ0) is 28.0. The van der Waals surface area contributed by atoms with Gasteiger partial charge in [0.05, 0.1) is 35.5 Å². The number of sulfone groups is 1. The van der Waals surface area contributed by atoms with Crippen LogP contribution in [0.3, 0.4) is 0 Å². The number of aromatic nitrogens is 2. The van der Waals surface area contributed by atoms with E-state index in [2.05, 4.69) is 16.3 Å². The standard InChI is InChI=1S/C30H34N4O4S/c1-4-39(37,38)18-8-9-26(35)15-10-23-19-27-30(32-20-23)29(28(36)21-33-16-6-5-7-17-33)22(2)34(27)25-13-11-24(31-3)12-14-25/h4,11-14,19-20H,1,5-10,15-18,21H2,2H3. The van der Waals surface area contributed by atoms with Crippen LogP contribution < -0.4 is 0 Å². The SMILES string of the molecule is [C-]#[N+]c1ccc(-n2c(C)c(C(=O)CN3CCCCC3)c3ncc(CCC(=O)CCCS(=O)(=O)C=C)cc32)cc1. The Kier molecular flexibility index (Phi) is 9.10. The van der Waals surface area contributed by atoms with E-state index in [9.17, 15) is 18.0 Å². The first-order valence-corrected chi connectivity index (χ1v) is 15.0. The van der Waals surface area contributed by atoms with Gasteiger partial charge < -0.3 is 4.57 Å². The van der Waals surface area contributed by atoms with Gasteiger partial charge in [-0.1, -0.05) is 25.1 Å². The normalized spacial score (nSPS) is 14.3. The second kappa shape index (κ2) is 12.5. The second-order valence-corrected chi connectivity index (χ2v) is 12.1. The molecule has 4 rings (SSSR count). The number of Topliss-reactive ketones (excluding diaryl/α,β-unsaturated/α-hetero) is 2. The largest absolute Gasteiger partial charge is 0.312 e. The Bertz CT molecular complexity index is 1530. The summed E-state index contributed by atoms with van der Waals surface area (Å²) in [5.41, 5.74) is 5.05. The number of hydrogen-bond acceptors (Lipinski definition) is 6. The number of likely N-dealkylation sites (tertiary alicyclic amines) is 1. The highest BCUT2D eigenvalue weighted by Crippen LogP contribution is 2.30. The van der Waals surface area contributed by atoms with E-state index >= 15 is 0 Å². The minimum Gasteiger partial charge on any atom is -0.312 e. The van der Waals surface area contributed by atoms with Crippen LogP contribution in [-0.4, -0.2) is 59.8 Å². The lowest BCUT2D eigenvalue weighted by molar-refractivity contribution is -0.119. The van der Waals surface area contributed by atoms with Crippen LogP contribution >= 0.6 is 0 Å². The third-order valence-electron chi connectivity index (χ3n) is 7.26. The van der Waals surface area contributed by atoms with Gasteiger partial charge in [0.2, 0.25) is 0 Å². The van der Waals surface area contributed by atoms with Crippen molar-refractivity contribution in [2.75, 3.05) is 25.4 Å². The molecule has 0 amide bonds. The van der Waals surface area contributed by atoms with Gasteiger partial charge in [0.15, 0.2) is 21.3 Å². The second-order valence-electron chi connectivity index (χ2n) is 10.1. The maximum Gasteiger partial charge on any atom is 0.187 e. The molecule has 1 aliphatic rings. The smallest absolute Gasteiger partial charge is 0.187 e. The summed E-state index contributed by atoms with van der Waals surface area (Å²) in [4.78, 5) is 36.4. The van der Waals surface area contributed by atoms with Gasteiger partial charge in [-0.3, -0.25) is 19.5 Å². The molecule has 0 bridgehead atoms. The quantitative estimate of drug-likeness (QED) is 0.223. The third-order valence-corrected chi connectivity index (χ3v) is 8.63. The minimum atomic E-state index is -3.31. The number of aryl methyl sites for hydroxylation is 1. The van der Waals surface area contributed by atoms with Crippen molar-refractivity contribution >= 4 is 38.1 Å². The first kappa shape index (κ1) is 28.4. The Labute approximate surface area is 230 Å². The van der Waals surface area contributed by atoms with E-state index in [4.69, 9.17) is 11.6 Å². The molecule has 1 aromatic carbocycles. The summed E-state index contributed by atoms with van der Waals surface area (Å²) in [5.74, 6) is -0.0443. The highest BCUT2D eigenvalue weighted by atomic mass is 32.2. The number of piperidine rings is 1. The van der Waals surface area contributed by atoms with Crippen molar-refractivity contribution in [1.82, 2.24) is 14.5 Å². The van der Waals surface area contributed by atoms with Crippen molar-refractivity contribution in [3.8, 4) is 5.69 Å². The van der Waals surface area contributed by atoms with Gasteiger partial charge in [-0.05, 0) is 69.5 Å². The summed E-state index contributed by atoms with van der Waals surface area (Å²) in [6.07, 6.45) is 6.34. The van der Waals surface area contributed by atoms with Crippen LogP contribution in [0.25, 0.3) is 21.6 Å². The highest BCUT2D eigenvalue weighted by molar-refractivity contribution is 7.94. The van der Waals surface area contributed by atoms with Gasteiger partial charge in [0.1, 0.15) is 5.78 Å². The van der Waals surface area contributed by atoms with E-state index in [-0.39, 0.29) is 36.6 Å². The predicted molar refractivity (Wildman–Crippen MR) is 153 cm³/mol. The number of fused-ring (bicyclic) bond motifs is 1. The number of ketones is 2. The van der Waals surface area contributed by atoms with Gasteiger partial charge >= 0.3 is 0 Å². The van der Waals surface area contributed by atoms with Gasteiger partial charge in [-0.15, -0.1) is 0 Å². The Morgan fingerprint density at radius 2 is 1.85 bits per heavy atom. The van der Waals surface area contributed by atoms with Crippen LogP contribution in [0.1, 0.15) is 60.1 Å². The third kappa shape index (κ3) is 6.88. The van der Waals surface area contributed by atoms with Gasteiger partial charge in [0, 0.05) is 35.8 Å². The summed E-state index contributed by atoms with van der Waals surface area (Å²) >= 11 is 0. The van der Waals surface area contributed by atoms with E-state index in [1.165, 1.54) is 6.42 Å². The van der Waals surface area contributed by atoms with Crippen molar-refractivity contribution in [2.45, 2.75) is 51.9 Å². The number of rotatable bonds is 12. The molecule has 2 aromatic heterocycles. The number of hydrogen-bond donors (Lipinski definition) is 0. The molecule has 39 heavy (non-hydrogen) atoms. The lowest BCUT2D eigenvalue weighted by Crippen LogP contribution is -2.34. The molecule has 3 aromatic rings. The van der Waals surface area contributed by atoms with E-state index in [1.54, 1.807) is 18.3 Å². The fraction of sp³-hybridized carbons (Fsp3) is 0.400. The van der Waals surface area contributed by atoms with Crippen molar-refractivity contribution in [2.24, 2.45) is 0 Å². The van der Waals surface area contributed by atoms with Crippen LogP contribution in [0.2, 0.25) is 0 Å². The maximum absolute atomic E-state index is 13.6. The van der Waals surface area contributed by atoms with Gasteiger partial charge in [-0.2, -0.15) is 0 Å². The molecule has 0 unspecified atom stereocenters. The highest BCUT2D eigenvalue weighted by Gasteiger charge is 2.24. The number of carbonyl (C=O) groups is 2. The van der Waals surface area contributed by atoms with E-state index in [1.807, 2.05) is 29.7 Å². The maximum atomic E-state index is 13.6. The number of carbonyl (C=O) groups excluding carboxylic acids is 2. The van der Waals surface area contributed by atoms with E-state index < -0.39 is 9.84 Å². The van der Waals surface area contributed by atoms with Crippen LogP contribution in [0.15, 0.2) is 48.5 Å². The Balaban J connectivity index is 1.61. The molecule has 8 nitrogen and oxygen atoms in total. The van der Waals surface area contributed by atoms with Crippen LogP contribution in [0, 0.1) is 13.5 Å². The van der Waals surface area contributed by atoms with Gasteiger partial charge in [0.25, 0.3) is 0 Å². The molecule has 1 saturated heterocycles. The first-order chi connectivity index (χ1) is 18.7. The summed E-state index contributed by atoms with van der Waals surface area (Å²) in [5, 5.41) is 0.927. The van der Waals surface area contributed by atoms with Crippen LogP contribution in [0.4, 0.5) is 5.69 Å². The molecule has 204 valence electrons. The molecule has 9 heteroatoms. The molecule has 0 N–H and O–H groups in total. The fourth-order valence-electron chi connectivity index (χ4n) is 5.16. The number of pyridine rings is 1. The summed E-state index contributed by atoms with van der Waals surface area (Å²) in [7, 11) is -3.31. The minimum absolute atomic E-state index is 0.00643. The number of benzene rings is 1. The topological polar surface area (TPSA) is 93.7 Å². The summed E-state index contributed by atoms with van der Waals surface area (Å²) < 4.78 is 25.2. The van der Waals surface area contributed by atoms with Gasteiger partial charge in [-0.25, -0.2) is 13.3 Å². The zero-order valence-electron chi connectivity index (χ0n) is 22.4. The van der Waals surface area contributed by atoms with Crippen molar-refractivity contribution in [1.29, 1.82) is 0 Å². The Morgan fingerprint density at radius 3 is 2.51 bits per heavy atom. The molecule has 0 atom stereocenters. The molecular formula is C30H34N4O4S. The molecule has 0 saturated carbocycles. The molecule has 0 spiro atoms. The summed E-state index contributed by atoms with van der Waals surface area (Å²) in [6, 6.07) is 9.22. The lowest BCUT2D eigenvalue weighted by Gasteiger charge is -2.25. The number of nitrogens with zero attached hydrogens (tertiary/aromatic N) is 4. The molecule has 3 heterocycles. The molecule has 1 aliphatic heterocycles. The van der Waals surface area contributed by atoms with E-state index in [0.717, 1.165) is 53.8 Å². The Morgan fingerprint density at radius 1 is 1.13 bits per heavy atom. The van der Waals surface area contributed by atoms with Crippen molar-refractivity contribution in [3.63, 3.8) is 0 Å². The average molecular weight is 547 g/mol. The molecule has 1 fully saturated rings. The Hall–Kier alpha value is -3.61. The monoisotopic (exact) mass is 546 g/mol. The average Bonchev–Trinajstić information content (AvgIpc) is 3.23. The predicted octanol–water partition coefficient (Wildman–Crippen LogP) is 5.39. The first-order valence-electron chi connectivity index (χ1n) is 13.3. The lowest BCUT2D eigenvalue weighted by atomic mass is 10.0. The van der Waals surface area contributed by atoms with Crippen LogP contribution in [0.5, 0.6) is 0 Å². The van der Waals surface area contributed by atoms with E-state index in [0.29, 0.717) is 29.7 Å². The van der Waals surface area contributed by atoms with Crippen molar-refractivity contribution < 1.29 is 18.0 Å². The molecular weight excluding hydrogens is 512 g/mol. The summed E-state index contributed by atoms with van der Waals surface area (Å²) in [6.45, 7) is 14.7. The zero-order valence-corrected chi connectivity index (χ0v) is 23.2.